The van der Waals surface area contributed by atoms with Crippen molar-refractivity contribution in [3.8, 4) is 0 Å². The van der Waals surface area contributed by atoms with Crippen LogP contribution in [-0.2, 0) is 10.0 Å². The first-order chi connectivity index (χ1) is 9.35. The highest BCUT2D eigenvalue weighted by Crippen LogP contribution is 2.31. The molecule has 1 aromatic carbocycles. The molecule has 0 bridgehead atoms. The van der Waals surface area contributed by atoms with E-state index in [0.29, 0.717) is 27.2 Å². The lowest BCUT2D eigenvalue weighted by atomic mass is 10.3. The van der Waals surface area contributed by atoms with Crippen LogP contribution in [0.15, 0.2) is 36.5 Å². The third kappa shape index (κ3) is 4.00. The monoisotopic (exact) mass is 331 g/mol. The van der Waals surface area contributed by atoms with Crippen LogP contribution < -0.4 is 10.0 Å². The van der Waals surface area contributed by atoms with E-state index in [1.165, 1.54) is 6.20 Å². The highest BCUT2D eigenvalue weighted by molar-refractivity contribution is 7.92. The van der Waals surface area contributed by atoms with Crippen molar-refractivity contribution < 1.29 is 8.42 Å². The molecule has 0 aliphatic carbocycles. The molecule has 0 amide bonds. The third-order valence-electron chi connectivity index (χ3n) is 2.28. The first-order valence-electron chi connectivity index (χ1n) is 5.50. The minimum Gasteiger partial charge on any atom is -0.339 e. The van der Waals surface area contributed by atoms with E-state index < -0.39 is 10.0 Å². The Kier molecular flexibility index (Phi) is 4.37. The van der Waals surface area contributed by atoms with Crippen LogP contribution in [0, 0.1) is 0 Å². The van der Waals surface area contributed by atoms with Crippen molar-refractivity contribution in [1.82, 2.24) is 4.98 Å². The number of benzene rings is 1. The Bertz CT molecular complexity index is 718. The molecule has 5 nitrogen and oxygen atoms in total. The molecule has 0 atom stereocenters. The van der Waals surface area contributed by atoms with Gasteiger partial charge in [-0.15, -0.1) is 0 Å². The van der Waals surface area contributed by atoms with E-state index in [4.69, 9.17) is 23.2 Å². The molecule has 0 spiro atoms. The zero-order chi connectivity index (χ0) is 14.8. The largest absolute Gasteiger partial charge is 0.339 e. The van der Waals surface area contributed by atoms with Gasteiger partial charge in [-0.2, -0.15) is 0 Å². The second-order valence-corrected chi connectivity index (χ2v) is 6.57. The average Bonchev–Trinajstić information content (AvgIpc) is 2.35. The predicted molar refractivity (Wildman–Crippen MR) is 82.4 cm³/mol. The summed E-state index contributed by atoms with van der Waals surface area (Å²) in [6.45, 7) is 0. The third-order valence-corrected chi connectivity index (χ3v) is 3.71. The molecule has 106 valence electrons. The van der Waals surface area contributed by atoms with Gasteiger partial charge in [0.05, 0.1) is 33.9 Å². The smallest absolute Gasteiger partial charge is 0.229 e. The van der Waals surface area contributed by atoms with Crippen LogP contribution in [0.2, 0.25) is 10.0 Å². The van der Waals surface area contributed by atoms with Crippen molar-refractivity contribution in [3.05, 3.63) is 46.6 Å². The van der Waals surface area contributed by atoms with E-state index in [9.17, 15) is 8.42 Å². The van der Waals surface area contributed by atoms with Gasteiger partial charge in [0.15, 0.2) is 0 Å². The Labute approximate surface area is 127 Å². The van der Waals surface area contributed by atoms with Gasteiger partial charge >= 0.3 is 0 Å². The molecule has 0 saturated heterocycles. The molecule has 2 N–H and O–H groups in total. The van der Waals surface area contributed by atoms with Gasteiger partial charge in [0.2, 0.25) is 10.0 Å². The fourth-order valence-corrected chi connectivity index (χ4v) is 2.38. The Hall–Kier alpha value is -1.50. The van der Waals surface area contributed by atoms with Crippen molar-refractivity contribution >= 4 is 50.4 Å². The number of sulfonamides is 1. The van der Waals surface area contributed by atoms with Crippen LogP contribution in [-0.4, -0.2) is 19.7 Å². The van der Waals surface area contributed by atoms with Crippen LogP contribution in [0.25, 0.3) is 0 Å². The molecule has 8 heteroatoms. The Balaban J connectivity index is 2.17. The highest BCUT2D eigenvalue weighted by atomic mass is 35.5. The average molecular weight is 332 g/mol. The number of halogens is 2. The zero-order valence-electron chi connectivity index (χ0n) is 10.4. The minimum atomic E-state index is -3.31. The van der Waals surface area contributed by atoms with Gasteiger partial charge < -0.3 is 5.32 Å². The first kappa shape index (κ1) is 14.9. The van der Waals surface area contributed by atoms with Gasteiger partial charge in [-0.05, 0) is 24.3 Å². The summed E-state index contributed by atoms with van der Waals surface area (Å²) < 4.78 is 24.5. The van der Waals surface area contributed by atoms with Crippen LogP contribution >= 0.6 is 23.2 Å². The van der Waals surface area contributed by atoms with Crippen LogP contribution in [0.5, 0.6) is 0 Å². The van der Waals surface area contributed by atoms with Crippen molar-refractivity contribution in [2.75, 3.05) is 16.3 Å². The molecule has 0 saturated carbocycles. The van der Waals surface area contributed by atoms with E-state index in [0.717, 1.165) is 6.26 Å². The Morgan fingerprint density at radius 2 is 1.90 bits per heavy atom. The molecular weight excluding hydrogens is 321 g/mol. The van der Waals surface area contributed by atoms with E-state index in [1.54, 1.807) is 30.3 Å². The molecule has 20 heavy (non-hydrogen) atoms. The van der Waals surface area contributed by atoms with Gasteiger partial charge in [-0.25, -0.2) is 13.4 Å². The Morgan fingerprint density at radius 3 is 2.50 bits per heavy atom. The van der Waals surface area contributed by atoms with E-state index in [2.05, 4.69) is 15.0 Å². The highest BCUT2D eigenvalue weighted by Gasteiger charge is 2.06. The summed E-state index contributed by atoms with van der Waals surface area (Å²) in [5.41, 5.74) is 1.01. The number of nitrogens with zero attached hydrogens (tertiary/aromatic N) is 1. The fraction of sp³-hybridized carbons (Fsp3) is 0.0833. The second kappa shape index (κ2) is 5.87. The summed E-state index contributed by atoms with van der Waals surface area (Å²) in [5, 5.41) is 3.83. The van der Waals surface area contributed by atoms with Gasteiger partial charge in [-0.3, -0.25) is 4.72 Å². The van der Waals surface area contributed by atoms with Gasteiger partial charge in [0.25, 0.3) is 0 Å². The summed E-state index contributed by atoms with van der Waals surface area (Å²) in [5.74, 6) is 0.521. The fourth-order valence-electron chi connectivity index (χ4n) is 1.48. The molecule has 0 radical (unpaired) electrons. The minimum absolute atomic E-state index is 0.384. The lowest BCUT2D eigenvalue weighted by Gasteiger charge is -2.09. The van der Waals surface area contributed by atoms with Crippen LogP contribution in [0.1, 0.15) is 0 Å². The maximum absolute atomic E-state index is 11.1. The number of hydrogen-bond donors (Lipinski definition) is 2. The summed E-state index contributed by atoms with van der Waals surface area (Å²) in [6.07, 6.45) is 2.48. The maximum atomic E-state index is 11.1. The lowest BCUT2D eigenvalue weighted by molar-refractivity contribution is 0.607. The summed E-state index contributed by atoms with van der Waals surface area (Å²) >= 11 is 12.0. The van der Waals surface area contributed by atoms with Crippen molar-refractivity contribution in [1.29, 1.82) is 0 Å². The normalized spacial score (nSPS) is 11.2. The number of hydrogen-bond acceptors (Lipinski definition) is 4. The number of anilines is 3. The van der Waals surface area contributed by atoms with Gasteiger partial charge in [-0.1, -0.05) is 29.3 Å². The molecule has 0 fully saturated rings. The number of pyridine rings is 1. The van der Waals surface area contributed by atoms with Crippen molar-refractivity contribution in [2.45, 2.75) is 0 Å². The second-order valence-electron chi connectivity index (χ2n) is 4.03. The standard InChI is InChI=1S/C12H11Cl2N3O2S/c1-20(18,19)17-8-5-6-11(15-7-8)16-10-4-2-3-9(13)12(10)14/h2-7,17H,1H3,(H,15,16). The quantitative estimate of drug-likeness (QED) is 0.899. The van der Waals surface area contributed by atoms with Gasteiger partial charge in [0.1, 0.15) is 5.82 Å². The van der Waals surface area contributed by atoms with Crippen molar-refractivity contribution in [3.63, 3.8) is 0 Å². The summed E-state index contributed by atoms with van der Waals surface area (Å²) in [6, 6.07) is 8.43. The molecular formula is C12H11Cl2N3O2S. The van der Waals surface area contributed by atoms with Crippen LogP contribution in [0.3, 0.4) is 0 Å². The predicted octanol–water partition coefficient (Wildman–Crippen LogP) is 3.50. The number of aromatic nitrogens is 1. The van der Waals surface area contributed by atoms with Gasteiger partial charge in [0, 0.05) is 0 Å². The summed E-state index contributed by atoms with van der Waals surface area (Å²) in [4.78, 5) is 4.09. The molecule has 1 heterocycles. The van der Waals surface area contributed by atoms with E-state index in [-0.39, 0.29) is 0 Å². The molecule has 0 aliphatic rings. The van der Waals surface area contributed by atoms with E-state index >= 15 is 0 Å². The zero-order valence-corrected chi connectivity index (χ0v) is 12.7. The SMILES string of the molecule is CS(=O)(=O)Nc1ccc(Nc2cccc(Cl)c2Cl)nc1. The number of nitrogens with one attached hydrogen (secondary N) is 2. The molecule has 1 aromatic heterocycles. The lowest BCUT2D eigenvalue weighted by Crippen LogP contribution is -2.09. The molecule has 2 rings (SSSR count). The first-order valence-corrected chi connectivity index (χ1v) is 8.15. The van der Waals surface area contributed by atoms with E-state index in [1.807, 2.05) is 0 Å². The number of rotatable bonds is 4. The Morgan fingerprint density at radius 1 is 1.15 bits per heavy atom. The molecule has 0 unspecified atom stereocenters. The maximum Gasteiger partial charge on any atom is 0.229 e. The summed E-state index contributed by atoms with van der Waals surface area (Å²) in [7, 11) is -3.31. The molecule has 2 aromatic rings. The topological polar surface area (TPSA) is 71.1 Å². The van der Waals surface area contributed by atoms with Crippen molar-refractivity contribution in [2.24, 2.45) is 0 Å². The van der Waals surface area contributed by atoms with Crippen LogP contribution in [0.4, 0.5) is 17.2 Å². The molecule has 0 aliphatic heterocycles.